The summed E-state index contributed by atoms with van der Waals surface area (Å²) in [5.74, 6) is -3.00. The van der Waals surface area contributed by atoms with E-state index in [1.807, 2.05) is 0 Å². The number of halogens is 2. The van der Waals surface area contributed by atoms with E-state index in [0.717, 1.165) is 12.8 Å². The Morgan fingerprint density at radius 3 is 2.37 bits per heavy atom. The fourth-order valence-corrected chi connectivity index (χ4v) is 4.70. The highest BCUT2D eigenvalue weighted by Gasteiger charge is 2.40. The third-order valence-electron chi connectivity index (χ3n) is 6.76. The molecule has 0 spiro atoms. The molecule has 0 aliphatic heterocycles. The normalized spacial score (nSPS) is 19.9. The van der Waals surface area contributed by atoms with Gasteiger partial charge in [-0.3, -0.25) is 9.20 Å². The van der Waals surface area contributed by atoms with Crippen LogP contribution in [0.25, 0.3) is 5.78 Å². The van der Waals surface area contributed by atoms with Crippen LogP contribution in [0, 0.1) is 18.8 Å². The molecule has 2 aliphatic rings. The van der Waals surface area contributed by atoms with Crippen molar-refractivity contribution in [3.63, 3.8) is 0 Å². The minimum atomic E-state index is -2.72. The number of alkyl halides is 2. The minimum absolute atomic E-state index is 0.0207. The van der Waals surface area contributed by atoms with E-state index in [1.54, 1.807) is 29.8 Å². The van der Waals surface area contributed by atoms with E-state index in [1.165, 1.54) is 0 Å². The molecule has 186 valence electrons. The van der Waals surface area contributed by atoms with Gasteiger partial charge in [0.1, 0.15) is 5.69 Å². The first-order valence-corrected chi connectivity index (χ1v) is 11.5. The Balaban J connectivity index is 1.45. The predicted molar refractivity (Wildman–Crippen MR) is 116 cm³/mol. The van der Waals surface area contributed by atoms with Gasteiger partial charge >= 0.3 is 6.09 Å². The van der Waals surface area contributed by atoms with Gasteiger partial charge in [0.25, 0.3) is 5.91 Å². The van der Waals surface area contributed by atoms with Crippen molar-refractivity contribution in [1.29, 1.82) is 0 Å². The maximum atomic E-state index is 13.8. The number of rotatable bonds is 7. The number of fused-ring (bicyclic) bond motifs is 1. The average molecular weight is 489 g/mol. The number of aromatic nitrogens is 5. The Morgan fingerprint density at radius 2 is 1.74 bits per heavy atom. The summed E-state index contributed by atoms with van der Waals surface area (Å²) in [5.41, 5.74) is 1.37. The van der Waals surface area contributed by atoms with Crippen molar-refractivity contribution >= 4 is 17.8 Å². The van der Waals surface area contributed by atoms with Gasteiger partial charge in [0.2, 0.25) is 11.7 Å². The summed E-state index contributed by atoms with van der Waals surface area (Å²) in [7, 11) is 0. The van der Waals surface area contributed by atoms with Crippen molar-refractivity contribution in [3.8, 4) is 0 Å². The fraction of sp³-hybridized carbons (Fsp3) is 0.545. The standard InChI is InChI=1S/C22H25F2N7O4/c1-11-16(30-35-29-11)19(32)27-18(13-4-7-22(23,24)8-5-13)15-10-31-9-6-14(25-20(31)26-15)17(12-2-3-12)28-21(33)34/h6,9-10,12-13,17-18,28H,2-5,7-8H2,1H3,(H,27,32)(H,33,34)/t17-,18+/m1/s1. The molecular weight excluding hydrogens is 464 g/mol. The predicted octanol–water partition coefficient (Wildman–Crippen LogP) is 3.44. The molecule has 35 heavy (non-hydrogen) atoms. The van der Waals surface area contributed by atoms with E-state index in [2.05, 4.69) is 35.5 Å². The number of nitrogens with one attached hydrogen (secondary N) is 2. The number of imidazole rings is 1. The van der Waals surface area contributed by atoms with Gasteiger partial charge in [0.15, 0.2) is 5.69 Å². The van der Waals surface area contributed by atoms with Crippen LogP contribution in [-0.2, 0) is 0 Å². The van der Waals surface area contributed by atoms with Crippen LogP contribution in [0.2, 0.25) is 0 Å². The molecule has 13 heteroatoms. The van der Waals surface area contributed by atoms with Crippen LogP contribution >= 0.6 is 0 Å². The highest BCUT2D eigenvalue weighted by Crippen LogP contribution is 2.42. The van der Waals surface area contributed by atoms with Crippen molar-refractivity contribution in [2.45, 2.75) is 63.5 Å². The van der Waals surface area contributed by atoms with Gasteiger partial charge in [0, 0.05) is 25.2 Å². The van der Waals surface area contributed by atoms with Gasteiger partial charge < -0.3 is 15.7 Å². The first kappa shape index (κ1) is 23.1. The number of carboxylic acid groups (broad SMARTS) is 1. The number of hydrogen-bond acceptors (Lipinski definition) is 7. The number of carbonyl (C=O) groups excluding carboxylic acids is 1. The molecule has 3 heterocycles. The van der Waals surface area contributed by atoms with Gasteiger partial charge in [-0.1, -0.05) is 5.16 Å². The van der Waals surface area contributed by atoms with Crippen LogP contribution in [0.4, 0.5) is 13.6 Å². The van der Waals surface area contributed by atoms with Crippen LogP contribution in [0.15, 0.2) is 23.1 Å². The molecule has 0 aromatic carbocycles. The smallest absolute Gasteiger partial charge is 0.405 e. The summed E-state index contributed by atoms with van der Waals surface area (Å²) < 4.78 is 34.0. The maximum Gasteiger partial charge on any atom is 0.405 e. The molecule has 0 unspecified atom stereocenters. The van der Waals surface area contributed by atoms with Crippen molar-refractivity contribution in [3.05, 3.63) is 41.2 Å². The second-order valence-electron chi connectivity index (χ2n) is 9.33. The molecule has 3 N–H and O–H groups in total. The lowest BCUT2D eigenvalue weighted by molar-refractivity contribution is -0.0495. The van der Waals surface area contributed by atoms with Crippen molar-refractivity contribution in [1.82, 2.24) is 35.3 Å². The van der Waals surface area contributed by atoms with E-state index in [-0.39, 0.29) is 43.2 Å². The molecule has 5 rings (SSSR count). The van der Waals surface area contributed by atoms with E-state index < -0.39 is 30.0 Å². The lowest BCUT2D eigenvalue weighted by Crippen LogP contribution is -2.37. The van der Waals surface area contributed by atoms with Gasteiger partial charge in [-0.25, -0.2) is 28.2 Å². The molecule has 0 saturated heterocycles. The molecule has 3 aromatic rings. The van der Waals surface area contributed by atoms with Crippen LogP contribution < -0.4 is 10.6 Å². The number of hydrogen-bond donors (Lipinski definition) is 3. The van der Waals surface area contributed by atoms with E-state index in [4.69, 9.17) is 0 Å². The van der Waals surface area contributed by atoms with Crippen molar-refractivity contribution in [2.24, 2.45) is 11.8 Å². The molecule has 2 saturated carbocycles. The summed E-state index contributed by atoms with van der Waals surface area (Å²) in [4.78, 5) is 33.3. The second kappa shape index (κ2) is 8.86. The molecule has 0 radical (unpaired) electrons. The summed E-state index contributed by atoms with van der Waals surface area (Å²) in [6, 6.07) is 0.643. The molecule has 2 fully saturated rings. The number of carbonyl (C=O) groups is 2. The quantitative estimate of drug-likeness (QED) is 0.457. The molecular formula is C22H25F2N7O4. The topological polar surface area (TPSA) is 148 Å². The van der Waals surface area contributed by atoms with Gasteiger partial charge in [-0.2, -0.15) is 0 Å². The lowest BCUT2D eigenvalue weighted by Gasteiger charge is -2.33. The Labute approximate surface area is 198 Å². The maximum absolute atomic E-state index is 13.8. The molecule has 2 aliphatic carbocycles. The molecule has 3 aromatic heterocycles. The minimum Gasteiger partial charge on any atom is -0.465 e. The zero-order chi connectivity index (χ0) is 24.7. The van der Waals surface area contributed by atoms with E-state index in [0.29, 0.717) is 22.9 Å². The van der Waals surface area contributed by atoms with Crippen LogP contribution in [0.3, 0.4) is 0 Å². The number of amides is 2. The molecule has 11 nitrogen and oxygen atoms in total. The third-order valence-corrected chi connectivity index (χ3v) is 6.76. The number of aryl methyl sites for hydroxylation is 1. The van der Waals surface area contributed by atoms with Crippen LogP contribution in [-0.4, -0.2) is 47.7 Å². The first-order chi connectivity index (χ1) is 16.7. The van der Waals surface area contributed by atoms with Crippen LogP contribution in [0.1, 0.15) is 78.2 Å². The SMILES string of the molecule is Cc1nonc1C(=O)N[C@H](c1cn2ccc([C@H](NC(=O)O)C3CC3)nc2n1)C1CCC(F)(F)CC1. The van der Waals surface area contributed by atoms with Gasteiger partial charge in [-0.15, -0.1) is 0 Å². The Kier molecular flexibility index (Phi) is 5.85. The molecule has 0 bridgehead atoms. The zero-order valence-corrected chi connectivity index (χ0v) is 18.9. The van der Waals surface area contributed by atoms with Gasteiger partial charge in [0.05, 0.1) is 23.5 Å². The third kappa shape index (κ3) is 4.93. The summed E-state index contributed by atoms with van der Waals surface area (Å²) in [6.07, 6.45) is 4.02. The average Bonchev–Trinajstić information content (AvgIpc) is 3.41. The lowest BCUT2D eigenvalue weighted by atomic mass is 9.81. The highest BCUT2D eigenvalue weighted by atomic mass is 19.3. The molecule has 2 atom stereocenters. The Hall–Kier alpha value is -3.64. The highest BCUT2D eigenvalue weighted by molar-refractivity contribution is 5.93. The van der Waals surface area contributed by atoms with Crippen LogP contribution in [0.5, 0.6) is 0 Å². The fourth-order valence-electron chi connectivity index (χ4n) is 4.70. The zero-order valence-electron chi connectivity index (χ0n) is 18.9. The van der Waals surface area contributed by atoms with Crippen molar-refractivity contribution < 1.29 is 28.1 Å². The summed E-state index contributed by atoms with van der Waals surface area (Å²) in [6.45, 7) is 1.58. The van der Waals surface area contributed by atoms with Crippen molar-refractivity contribution in [2.75, 3.05) is 0 Å². The summed E-state index contributed by atoms with van der Waals surface area (Å²) in [5, 5.41) is 21.9. The monoisotopic (exact) mass is 489 g/mol. The Bertz CT molecular complexity index is 1250. The summed E-state index contributed by atoms with van der Waals surface area (Å²) >= 11 is 0. The first-order valence-electron chi connectivity index (χ1n) is 11.5. The van der Waals surface area contributed by atoms with E-state index >= 15 is 0 Å². The Morgan fingerprint density at radius 1 is 1.09 bits per heavy atom. The second-order valence-corrected chi connectivity index (χ2v) is 9.33. The number of nitrogens with zero attached hydrogens (tertiary/aromatic N) is 5. The van der Waals surface area contributed by atoms with E-state index in [9.17, 15) is 23.5 Å². The molecule has 2 amide bonds. The van der Waals surface area contributed by atoms with Gasteiger partial charge in [-0.05, 0) is 55.7 Å². The largest absolute Gasteiger partial charge is 0.465 e.